The quantitative estimate of drug-likeness (QED) is 0.736. The molecule has 136 valence electrons. The van der Waals surface area contributed by atoms with E-state index < -0.39 is 15.1 Å². The van der Waals surface area contributed by atoms with Gasteiger partial charge in [0.25, 0.3) is 0 Å². The van der Waals surface area contributed by atoms with Gasteiger partial charge in [0.05, 0.1) is 20.2 Å². The first-order chi connectivity index (χ1) is 11.7. The van der Waals surface area contributed by atoms with E-state index in [1.807, 2.05) is 6.92 Å². The maximum atomic E-state index is 12.4. The van der Waals surface area contributed by atoms with Crippen LogP contribution in [0.15, 0.2) is 41.3 Å². The van der Waals surface area contributed by atoms with Crippen molar-refractivity contribution in [1.29, 1.82) is 0 Å². The highest BCUT2D eigenvalue weighted by Gasteiger charge is 2.22. The summed E-state index contributed by atoms with van der Waals surface area (Å²) in [5, 5.41) is 0.310. The van der Waals surface area contributed by atoms with Crippen LogP contribution in [0.25, 0.3) is 0 Å². The molecule has 0 amide bonds. The van der Waals surface area contributed by atoms with Crippen LogP contribution in [0.5, 0.6) is 11.5 Å². The second-order valence-electron chi connectivity index (χ2n) is 6.11. The number of hydrogen-bond donors (Lipinski definition) is 1. The van der Waals surface area contributed by atoms with Gasteiger partial charge in [-0.05, 0) is 56.6 Å². The number of benzene rings is 2. The average Bonchev–Trinajstić information content (AvgIpc) is 2.57. The molecule has 2 N–H and O–H groups in total. The summed E-state index contributed by atoms with van der Waals surface area (Å²) < 4.78 is 30.8. The Labute approximate surface area is 158 Å². The molecule has 0 spiro atoms. The zero-order valence-corrected chi connectivity index (χ0v) is 16.6. The van der Waals surface area contributed by atoms with E-state index in [4.69, 9.17) is 33.7 Å². The molecule has 1 atom stereocenters. The fraction of sp³-hybridized carbons (Fsp3) is 0.333. The van der Waals surface area contributed by atoms with Gasteiger partial charge in [-0.1, -0.05) is 30.1 Å². The minimum atomic E-state index is -3.38. The molecule has 0 fully saturated rings. The molecule has 0 heterocycles. The van der Waals surface area contributed by atoms with Crippen molar-refractivity contribution in [3.63, 3.8) is 0 Å². The van der Waals surface area contributed by atoms with Gasteiger partial charge < -0.3 is 10.5 Å². The van der Waals surface area contributed by atoms with Crippen molar-refractivity contribution in [3.05, 3.63) is 52.0 Å². The van der Waals surface area contributed by atoms with Crippen LogP contribution in [0, 0.1) is 0 Å². The largest absolute Gasteiger partial charge is 0.457 e. The molecule has 0 aromatic heterocycles. The van der Waals surface area contributed by atoms with Gasteiger partial charge in [-0.3, -0.25) is 0 Å². The number of ether oxygens (including phenoxy) is 1. The highest BCUT2D eigenvalue weighted by Crippen LogP contribution is 2.35. The number of nitrogens with two attached hydrogens (primary N) is 1. The van der Waals surface area contributed by atoms with Crippen molar-refractivity contribution >= 4 is 33.0 Å². The smallest absolute Gasteiger partial charge is 0.180 e. The minimum absolute atomic E-state index is 0.0694. The predicted octanol–water partition coefficient (Wildman–Crippen LogP) is 5.03. The molecule has 0 aliphatic heterocycles. The van der Waals surface area contributed by atoms with Gasteiger partial charge in [-0.15, -0.1) is 0 Å². The molecule has 0 aliphatic carbocycles. The Hall–Kier alpha value is -1.27. The summed E-state index contributed by atoms with van der Waals surface area (Å²) in [4.78, 5) is 0.263. The van der Waals surface area contributed by atoms with Crippen LogP contribution >= 0.6 is 23.2 Å². The van der Waals surface area contributed by atoms with Crippen molar-refractivity contribution in [2.24, 2.45) is 5.73 Å². The van der Waals surface area contributed by atoms with Gasteiger partial charge in [-0.2, -0.15) is 0 Å². The zero-order valence-electron chi connectivity index (χ0n) is 14.3. The summed E-state index contributed by atoms with van der Waals surface area (Å²) in [6.07, 6.45) is 0. The standard InChI is InChI=1S/C18H21Cl2NO3S/c1-11(2)25(22,23)14-5-7-18(15(9-14)12(3)10-21)24-13-4-6-16(19)17(20)8-13/h4-9,11-12H,10,21H2,1-3H3. The highest BCUT2D eigenvalue weighted by molar-refractivity contribution is 7.92. The highest BCUT2D eigenvalue weighted by atomic mass is 35.5. The maximum Gasteiger partial charge on any atom is 0.180 e. The molecule has 0 aliphatic rings. The lowest BCUT2D eigenvalue weighted by molar-refractivity contribution is 0.471. The molecule has 0 radical (unpaired) electrons. The Morgan fingerprint density at radius 2 is 1.72 bits per heavy atom. The Kier molecular flexibility index (Phi) is 6.38. The van der Waals surface area contributed by atoms with Gasteiger partial charge in [0.2, 0.25) is 0 Å². The van der Waals surface area contributed by atoms with E-state index in [1.165, 1.54) is 0 Å². The Morgan fingerprint density at radius 1 is 1.04 bits per heavy atom. The normalized spacial score (nSPS) is 13.1. The van der Waals surface area contributed by atoms with Gasteiger partial charge in [0, 0.05) is 11.6 Å². The van der Waals surface area contributed by atoms with Crippen molar-refractivity contribution in [2.45, 2.75) is 36.8 Å². The Balaban J connectivity index is 2.48. The maximum absolute atomic E-state index is 12.4. The fourth-order valence-corrected chi connectivity index (χ4v) is 3.63. The minimum Gasteiger partial charge on any atom is -0.457 e. The number of halogens is 2. The predicted molar refractivity (Wildman–Crippen MR) is 103 cm³/mol. The molecule has 2 aromatic carbocycles. The third-order valence-electron chi connectivity index (χ3n) is 3.93. The molecular weight excluding hydrogens is 381 g/mol. The summed E-state index contributed by atoms with van der Waals surface area (Å²) in [5.41, 5.74) is 6.52. The SMILES string of the molecule is CC(CN)c1cc(S(=O)(=O)C(C)C)ccc1Oc1ccc(Cl)c(Cl)c1. The second-order valence-corrected chi connectivity index (χ2v) is 9.43. The van der Waals surface area contributed by atoms with E-state index in [-0.39, 0.29) is 10.8 Å². The average molecular weight is 402 g/mol. The monoisotopic (exact) mass is 401 g/mol. The van der Waals surface area contributed by atoms with Gasteiger partial charge in [0.1, 0.15) is 11.5 Å². The lowest BCUT2D eigenvalue weighted by Crippen LogP contribution is -2.16. The summed E-state index contributed by atoms with van der Waals surface area (Å²) in [5.74, 6) is 0.985. The first kappa shape index (κ1) is 20.0. The first-order valence-corrected chi connectivity index (χ1v) is 10.2. The first-order valence-electron chi connectivity index (χ1n) is 7.87. The van der Waals surface area contributed by atoms with Crippen LogP contribution < -0.4 is 10.5 Å². The lowest BCUT2D eigenvalue weighted by Gasteiger charge is -2.18. The van der Waals surface area contributed by atoms with Gasteiger partial charge in [0.15, 0.2) is 9.84 Å². The number of hydrogen-bond acceptors (Lipinski definition) is 4. The second kappa shape index (κ2) is 7.96. The van der Waals surface area contributed by atoms with Crippen molar-refractivity contribution in [2.75, 3.05) is 6.54 Å². The van der Waals surface area contributed by atoms with Crippen molar-refractivity contribution < 1.29 is 13.2 Å². The summed E-state index contributed by atoms with van der Waals surface area (Å²) in [6.45, 7) is 5.59. The lowest BCUT2D eigenvalue weighted by atomic mass is 10.0. The molecule has 25 heavy (non-hydrogen) atoms. The van der Waals surface area contributed by atoms with E-state index in [0.29, 0.717) is 28.1 Å². The molecule has 2 rings (SSSR count). The molecule has 7 heteroatoms. The third-order valence-corrected chi connectivity index (χ3v) is 6.82. The Bertz CT molecular complexity index is 867. The Morgan fingerprint density at radius 3 is 2.28 bits per heavy atom. The zero-order chi connectivity index (χ0) is 18.8. The molecular formula is C18H21Cl2NO3S. The van der Waals surface area contributed by atoms with Crippen molar-refractivity contribution in [3.8, 4) is 11.5 Å². The number of sulfone groups is 1. The molecule has 4 nitrogen and oxygen atoms in total. The van der Waals surface area contributed by atoms with Crippen LogP contribution in [-0.4, -0.2) is 20.2 Å². The van der Waals surface area contributed by atoms with E-state index in [9.17, 15) is 8.42 Å². The van der Waals surface area contributed by atoms with Crippen LogP contribution in [0.1, 0.15) is 32.3 Å². The topological polar surface area (TPSA) is 69.4 Å². The molecule has 2 aromatic rings. The molecule has 0 saturated carbocycles. The van der Waals surface area contributed by atoms with Crippen LogP contribution in [0.3, 0.4) is 0 Å². The molecule has 0 saturated heterocycles. The fourth-order valence-electron chi connectivity index (χ4n) is 2.25. The van der Waals surface area contributed by atoms with Crippen LogP contribution in [0.4, 0.5) is 0 Å². The third kappa shape index (κ3) is 4.47. The van der Waals surface area contributed by atoms with Crippen LogP contribution in [0.2, 0.25) is 10.0 Å². The number of rotatable bonds is 6. The molecule has 1 unspecified atom stereocenters. The molecule has 0 bridgehead atoms. The van der Waals surface area contributed by atoms with E-state index in [0.717, 1.165) is 5.56 Å². The van der Waals surface area contributed by atoms with Gasteiger partial charge in [-0.25, -0.2) is 8.42 Å². The summed E-state index contributed by atoms with van der Waals surface area (Å²) in [6, 6.07) is 9.79. The van der Waals surface area contributed by atoms with E-state index in [2.05, 4.69) is 0 Å². The van der Waals surface area contributed by atoms with Gasteiger partial charge >= 0.3 is 0 Å². The van der Waals surface area contributed by atoms with Crippen LogP contribution in [-0.2, 0) is 9.84 Å². The van der Waals surface area contributed by atoms with E-state index in [1.54, 1.807) is 50.2 Å². The van der Waals surface area contributed by atoms with Crippen molar-refractivity contribution in [1.82, 2.24) is 0 Å². The summed E-state index contributed by atoms with van der Waals surface area (Å²) in [7, 11) is -3.38. The van der Waals surface area contributed by atoms with E-state index >= 15 is 0 Å². The summed E-state index contributed by atoms with van der Waals surface area (Å²) >= 11 is 11.9.